The molecule has 1 aliphatic carbocycles. The van der Waals surface area contributed by atoms with Gasteiger partial charge in [0.05, 0.1) is 5.02 Å². The van der Waals surface area contributed by atoms with Crippen LogP contribution < -0.4 is 5.32 Å². The molecule has 22 heavy (non-hydrogen) atoms. The molecule has 0 aromatic heterocycles. The van der Waals surface area contributed by atoms with Gasteiger partial charge in [-0.3, -0.25) is 9.69 Å². The Morgan fingerprint density at radius 1 is 1.32 bits per heavy atom. The number of nitrogens with zero attached hydrogens (tertiary/aromatic N) is 1. The number of nitrogens with one attached hydrogen (secondary N) is 1. The number of carbonyl (C=O) groups is 1. The van der Waals surface area contributed by atoms with Crippen molar-refractivity contribution in [3.63, 3.8) is 0 Å². The quantitative estimate of drug-likeness (QED) is 0.919. The number of hydrogen-bond donors (Lipinski definition) is 1. The van der Waals surface area contributed by atoms with Crippen LogP contribution in [0, 0.1) is 11.7 Å². The fraction of sp³-hybridized carbons (Fsp3) is 0.588. The summed E-state index contributed by atoms with van der Waals surface area (Å²) in [6.07, 6.45) is 4.04. The van der Waals surface area contributed by atoms with E-state index in [2.05, 4.69) is 17.1 Å². The van der Waals surface area contributed by atoms with E-state index in [0.29, 0.717) is 6.04 Å². The fourth-order valence-corrected chi connectivity index (χ4v) is 3.27. The predicted molar refractivity (Wildman–Crippen MR) is 85.3 cm³/mol. The number of likely N-dealkylation sites (tertiary alicyclic amines) is 1. The summed E-state index contributed by atoms with van der Waals surface area (Å²) in [5.41, 5.74) is 1.03. The van der Waals surface area contributed by atoms with E-state index in [0.717, 1.165) is 44.3 Å². The number of halogens is 2. The van der Waals surface area contributed by atoms with Crippen molar-refractivity contribution in [3.05, 3.63) is 34.6 Å². The number of carbonyl (C=O) groups excluding carboxylic acids is 1. The van der Waals surface area contributed by atoms with E-state index in [-0.39, 0.29) is 28.7 Å². The molecule has 2 fully saturated rings. The van der Waals surface area contributed by atoms with Crippen molar-refractivity contribution in [1.29, 1.82) is 0 Å². The van der Waals surface area contributed by atoms with Gasteiger partial charge in [-0.05, 0) is 50.3 Å². The smallest absolute Gasteiger partial charge is 0.223 e. The van der Waals surface area contributed by atoms with Crippen LogP contribution in [0.5, 0.6) is 0 Å². The lowest BCUT2D eigenvalue weighted by molar-refractivity contribution is -0.123. The average Bonchev–Trinajstić information content (AvgIpc) is 3.35. The molecule has 3 nitrogen and oxygen atoms in total. The molecule has 1 aromatic rings. The van der Waals surface area contributed by atoms with Crippen molar-refractivity contribution < 1.29 is 9.18 Å². The summed E-state index contributed by atoms with van der Waals surface area (Å²) >= 11 is 5.87. The number of amides is 1. The molecule has 1 amide bonds. The van der Waals surface area contributed by atoms with Gasteiger partial charge in [0.15, 0.2) is 0 Å². The number of benzene rings is 1. The van der Waals surface area contributed by atoms with Crippen LogP contribution in [0.15, 0.2) is 18.2 Å². The minimum atomic E-state index is -0.376. The Labute approximate surface area is 135 Å². The normalized spacial score (nSPS) is 21.6. The van der Waals surface area contributed by atoms with Gasteiger partial charge in [-0.1, -0.05) is 17.7 Å². The molecule has 1 saturated carbocycles. The van der Waals surface area contributed by atoms with Crippen molar-refractivity contribution in [2.45, 2.75) is 44.7 Å². The van der Waals surface area contributed by atoms with E-state index in [1.165, 1.54) is 6.07 Å². The molecule has 3 rings (SSSR count). The molecule has 120 valence electrons. The van der Waals surface area contributed by atoms with Gasteiger partial charge in [-0.25, -0.2) is 4.39 Å². The summed E-state index contributed by atoms with van der Waals surface area (Å²) in [5.74, 6) is 0.134. The van der Waals surface area contributed by atoms with Crippen molar-refractivity contribution >= 4 is 17.5 Å². The average molecular weight is 325 g/mol. The summed E-state index contributed by atoms with van der Waals surface area (Å²) < 4.78 is 13.3. The molecule has 0 unspecified atom stereocenters. The second-order valence-corrected chi connectivity index (χ2v) is 6.85. The van der Waals surface area contributed by atoms with E-state index in [9.17, 15) is 9.18 Å². The van der Waals surface area contributed by atoms with Gasteiger partial charge < -0.3 is 5.32 Å². The maximum Gasteiger partial charge on any atom is 0.223 e. The summed E-state index contributed by atoms with van der Waals surface area (Å²) in [6, 6.07) is 5.44. The molecule has 1 N–H and O–H groups in total. The lowest BCUT2D eigenvalue weighted by atomic mass is 10.00. The van der Waals surface area contributed by atoms with E-state index >= 15 is 0 Å². The van der Waals surface area contributed by atoms with Gasteiger partial charge in [0.2, 0.25) is 5.91 Å². The van der Waals surface area contributed by atoms with Crippen LogP contribution >= 0.6 is 11.6 Å². The summed E-state index contributed by atoms with van der Waals surface area (Å²) in [5, 5.41) is 3.34. The van der Waals surface area contributed by atoms with Gasteiger partial charge in [-0.2, -0.15) is 0 Å². The molecule has 0 spiro atoms. The molecule has 1 aromatic carbocycles. The lowest BCUT2D eigenvalue weighted by Gasteiger charge is -2.36. The summed E-state index contributed by atoms with van der Waals surface area (Å²) in [6.45, 7) is 3.99. The van der Waals surface area contributed by atoms with Crippen molar-refractivity contribution in [2.75, 3.05) is 13.1 Å². The van der Waals surface area contributed by atoms with Crippen LogP contribution in [0.1, 0.15) is 44.2 Å². The SMILES string of the molecule is C[C@@H](c1ccc(F)c(Cl)c1)N1CCC(NC(=O)C2CC2)CC1. The standard InChI is InChI=1S/C17H22ClFN2O/c1-11(13-4-5-16(19)15(18)10-13)21-8-6-14(7-9-21)20-17(22)12-2-3-12/h4-5,10-12,14H,2-3,6-9H2,1H3,(H,20,22)/t11-/m0/s1. The second kappa shape index (κ2) is 6.55. The predicted octanol–water partition coefficient (Wildman–Crippen LogP) is 3.53. The third-order valence-corrected chi connectivity index (χ3v) is 5.09. The van der Waals surface area contributed by atoms with Crippen LogP contribution in [0.2, 0.25) is 5.02 Å². The number of hydrogen-bond acceptors (Lipinski definition) is 2. The van der Waals surface area contributed by atoms with E-state index in [1.54, 1.807) is 12.1 Å². The highest BCUT2D eigenvalue weighted by atomic mass is 35.5. The van der Waals surface area contributed by atoms with Crippen molar-refractivity contribution in [1.82, 2.24) is 10.2 Å². The fourth-order valence-electron chi connectivity index (χ4n) is 3.08. The molecule has 1 atom stereocenters. The molecule has 2 aliphatic rings. The number of piperidine rings is 1. The molecule has 1 saturated heterocycles. The zero-order valence-electron chi connectivity index (χ0n) is 12.8. The van der Waals surface area contributed by atoms with Gasteiger partial charge in [-0.15, -0.1) is 0 Å². The Bertz CT molecular complexity index is 554. The first-order valence-electron chi connectivity index (χ1n) is 8.04. The van der Waals surface area contributed by atoms with Crippen LogP contribution in [0.25, 0.3) is 0 Å². The first-order valence-corrected chi connectivity index (χ1v) is 8.42. The Morgan fingerprint density at radius 2 is 2.00 bits per heavy atom. The van der Waals surface area contributed by atoms with Crippen LogP contribution in [0.3, 0.4) is 0 Å². The summed E-state index contributed by atoms with van der Waals surface area (Å²) in [7, 11) is 0. The molecule has 0 radical (unpaired) electrons. The minimum Gasteiger partial charge on any atom is -0.353 e. The minimum absolute atomic E-state index is 0.177. The van der Waals surface area contributed by atoms with Gasteiger partial charge in [0.1, 0.15) is 5.82 Å². The molecular formula is C17H22ClFN2O. The monoisotopic (exact) mass is 324 g/mol. The Morgan fingerprint density at radius 3 is 2.59 bits per heavy atom. The van der Waals surface area contributed by atoms with Crippen LogP contribution in [-0.4, -0.2) is 29.9 Å². The van der Waals surface area contributed by atoms with Crippen LogP contribution in [-0.2, 0) is 4.79 Å². The first kappa shape index (κ1) is 15.8. The zero-order chi connectivity index (χ0) is 15.7. The first-order chi connectivity index (χ1) is 10.5. The largest absolute Gasteiger partial charge is 0.353 e. The topological polar surface area (TPSA) is 32.3 Å². The Balaban J connectivity index is 1.53. The second-order valence-electron chi connectivity index (χ2n) is 6.44. The third kappa shape index (κ3) is 3.61. The maximum atomic E-state index is 13.3. The van der Waals surface area contributed by atoms with E-state index < -0.39 is 0 Å². The van der Waals surface area contributed by atoms with Gasteiger partial charge in [0, 0.05) is 31.1 Å². The van der Waals surface area contributed by atoms with E-state index in [1.807, 2.05) is 0 Å². The molecule has 0 bridgehead atoms. The highest BCUT2D eigenvalue weighted by molar-refractivity contribution is 6.30. The van der Waals surface area contributed by atoms with Gasteiger partial charge in [0.25, 0.3) is 0 Å². The van der Waals surface area contributed by atoms with Crippen molar-refractivity contribution in [2.24, 2.45) is 5.92 Å². The molecular weight excluding hydrogens is 303 g/mol. The lowest BCUT2D eigenvalue weighted by Crippen LogP contribution is -2.45. The van der Waals surface area contributed by atoms with Crippen LogP contribution in [0.4, 0.5) is 4.39 Å². The molecule has 1 heterocycles. The maximum absolute atomic E-state index is 13.3. The van der Waals surface area contributed by atoms with Crippen molar-refractivity contribution in [3.8, 4) is 0 Å². The molecule has 1 aliphatic heterocycles. The highest BCUT2D eigenvalue weighted by Gasteiger charge is 2.32. The summed E-state index contributed by atoms with van der Waals surface area (Å²) in [4.78, 5) is 14.2. The highest BCUT2D eigenvalue weighted by Crippen LogP contribution is 2.30. The third-order valence-electron chi connectivity index (χ3n) is 4.80. The zero-order valence-corrected chi connectivity index (χ0v) is 13.6. The Hall–Kier alpha value is -1.13. The Kier molecular flexibility index (Phi) is 4.69. The van der Waals surface area contributed by atoms with Gasteiger partial charge >= 0.3 is 0 Å². The molecule has 5 heteroatoms. The van der Waals surface area contributed by atoms with E-state index in [4.69, 9.17) is 11.6 Å². The number of rotatable bonds is 4.